The highest BCUT2D eigenvalue weighted by Gasteiger charge is 1.92. The van der Waals surface area contributed by atoms with Gasteiger partial charge in [0.2, 0.25) is 0 Å². The Bertz CT molecular complexity index is 218. The second-order valence-corrected chi connectivity index (χ2v) is 3.19. The van der Waals surface area contributed by atoms with Crippen LogP contribution in [0.5, 0.6) is 0 Å². The lowest BCUT2D eigenvalue weighted by atomic mass is 10.2. The Labute approximate surface area is 70.8 Å². The fourth-order valence-corrected chi connectivity index (χ4v) is 1.08. The van der Waals surface area contributed by atoms with Crippen LogP contribution in [0.2, 0.25) is 0 Å². The van der Waals surface area contributed by atoms with Crippen molar-refractivity contribution in [1.29, 1.82) is 0 Å². The van der Waals surface area contributed by atoms with Crippen molar-refractivity contribution >= 4 is 28.1 Å². The second-order valence-electron chi connectivity index (χ2n) is 2.02. The van der Waals surface area contributed by atoms with Gasteiger partial charge in [-0.2, -0.15) is 0 Å². The van der Waals surface area contributed by atoms with Gasteiger partial charge in [0, 0.05) is 6.42 Å². The molecule has 0 aliphatic carbocycles. The molecule has 0 aromatic heterocycles. The zero-order chi connectivity index (χ0) is 7.40. The maximum absolute atomic E-state index is 5.54. The molecule has 1 aromatic carbocycles. The molecule has 10 heavy (non-hydrogen) atoms. The van der Waals surface area contributed by atoms with E-state index >= 15 is 0 Å². The monoisotopic (exact) mass is 170 g/mol. The van der Waals surface area contributed by atoms with Crippen molar-refractivity contribution in [3.05, 3.63) is 35.9 Å². The molecule has 52 valence electrons. The fourth-order valence-electron chi connectivity index (χ4n) is 0.756. The third-order valence-corrected chi connectivity index (χ3v) is 1.46. The Morgan fingerprint density at radius 2 is 1.90 bits per heavy atom. The van der Waals surface area contributed by atoms with Crippen LogP contribution in [0.4, 0.5) is 0 Å². The molecule has 0 spiro atoms. The summed E-state index contributed by atoms with van der Waals surface area (Å²) >= 11 is 10.3. The number of halogens is 1. The van der Waals surface area contributed by atoms with E-state index in [2.05, 4.69) is 0 Å². The minimum atomic E-state index is 0.520. The normalized spacial score (nSPS) is 9.30. The van der Waals surface area contributed by atoms with Crippen LogP contribution in [0.1, 0.15) is 5.56 Å². The van der Waals surface area contributed by atoms with E-state index in [1.807, 2.05) is 30.3 Å². The summed E-state index contributed by atoms with van der Waals surface area (Å²) in [6, 6.07) is 9.94. The quantitative estimate of drug-likeness (QED) is 0.486. The summed E-state index contributed by atoms with van der Waals surface area (Å²) in [6.45, 7) is 0. The Hall–Kier alpha value is -0.400. The van der Waals surface area contributed by atoms with E-state index in [0.717, 1.165) is 0 Å². The topological polar surface area (TPSA) is 0 Å². The first-order valence-electron chi connectivity index (χ1n) is 3.01. The molecule has 1 aromatic rings. The van der Waals surface area contributed by atoms with E-state index < -0.39 is 0 Å². The van der Waals surface area contributed by atoms with Crippen LogP contribution < -0.4 is 0 Å². The van der Waals surface area contributed by atoms with Gasteiger partial charge in [-0.15, -0.1) is 0 Å². The molecule has 0 bridgehead atoms. The minimum absolute atomic E-state index is 0.520. The van der Waals surface area contributed by atoms with E-state index in [9.17, 15) is 0 Å². The number of rotatable bonds is 2. The van der Waals surface area contributed by atoms with Gasteiger partial charge in [0.15, 0.2) is 0 Å². The lowest BCUT2D eigenvalue weighted by Crippen LogP contribution is -1.88. The van der Waals surface area contributed by atoms with E-state index in [1.165, 1.54) is 5.56 Å². The van der Waals surface area contributed by atoms with Crippen molar-refractivity contribution in [2.45, 2.75) is 6.42 Å². The van der Waals surface area contributed by atoms with Gasteiger partial charge in [0.25, 0.3) is 0 Å². The molecule has 0 aliphatic rings. The second kappa shape index (κ2) is 3.69. The highest BCUT2D eigenvalue weighted by atomic mass is 35.5. The van der Waals surface area contributed by atoms with Crippen LogP contribution >= 0.6 is 23.8 Å². The Balaban J connectivity index is 2.67. The molecule has 0 nitrogen and oxygen atoms in total. The molecule has 0 radical (unpaired) electrons. The zero-order valence-corrected chi connectivity index (χ0v) is 6.95. The molecule has 0 aliphatic heterocycles. The first kappa shape index (κ1) is 7.70. The standard InChI is InChI=1S/C8H7ClS/c9-8(10)6-7-4-2-1-3-5-7/h1-5H,6H2. The first-order chi connectivity index (χ1) is 4.79. The van der Waals surface area contributed by atoms with Crippen LogP contribution in [0.15, 0.2) is 30.3 Å². The van der Waals surface area contributed by atoms with Crippen molar-refractivity contribution in [3.8, 4) is 0 Å². The summed E-state index contributed by atoms with van der Waals surface area (Å²) in [5.41, 5.74) is 1.17. The molecule has 0 heterocycles. The summed E-state index contributed by atoms with van der Waals surface area (Å²) in [4.78, 5) is 0. The van der Waals surface area contributed by atoms with Gasteiger partial charge in [-0.05, 0) is 5.56 Å². The molecule has 0 N–H and O–H groups in total. The smallest absolute Gasteiger partial charge is 0.0761 e. The lowest BCUT2D eigenvalue weighted by Gasteiger charge is -1.94. The lowest BCUT2D eigenvalue weighted by molar-refractivity contribution is 1.37. The van der Waals surface area contributed by atoms with E-state index in [1.54, 1.807) is 0 Å². The van der Waals surface area contributed by atoms with Crippen molar-refractivity contribution in [1.82, 2.24) is 0 Å². The van der Waals surface area contributed by atoms with Gasteiger partial charge >= 0.3 is 0 Å². The van der Waals surface area contributed by atoms with Crippen molar-refractivity contribution in [2.24, 2.45) is 0 Å². The van der Waals surface area contributed by atoms with Gasteiger partial charge in [-0.1, -0.05) is 54.2 Å². The average Bonchev–Trinajstić information content (AvgIpc) is 1.88. The van der Waals surface area contributed by atoms with Crippen LogP contribution in [0.25, 0.3) is 0 Å². The van der Waals surface area contributed by atoms with Crippen molar-refractivity contribution < 1.29 is 0 Å². The summed E-state index contributed by atoms with van der Waals surface area (Å²) < 4.78 is 0.520. The van der Waals surface area contributed by atoms with Crippen LogP contribution in [0, 0.1) is 0 Å². The van der Waals surface area contributed by atoms with E-state index in [0.29, 0.717) is 10.7 Å². The van der Waals surface area contributed by atoms with E-state index in [4.69, 9.17) is 23.8 Å². The van der Waals surface area contributed by atoms with Crippen molar-refractivity contribution in [2.75, 3.05) is 0 Å². The van der Waals surface area contributed by atoms with E-state index in [-0.39, 0.29) is 0 Å². The molecule has 0 saturated heterocycles. The summed E-state index contributed by atoms with van der Waals surface area (Å²) in [5.74, 6) is 0. The molecule has 1 rings (SSSR count). The maximum atomic E-state index is 5.54. The van der Waals surface area contributed by atoms with Crippen molar-refractivity contribution in [3.63, 3.8) is 0 Å². The highest BCUT2D eigenvalue weighted by molar-refractivity contribution is 7.83. The third-order valence-electron chi connectivity index (χ3n) is 1.19. The van der Waals surface area contributed by atoms with Crippen LogP contribution in [-0.4, -0.2) is 4.32 Å². The number of hydrogen-bond donors (Lipinski definition) is 0. The first-order valence-corrected chi connectivity index (χ1v) is 3.80. The van der Waals surface area contributed by atoms with Crippen LogP contribution in [-0.2, 0) is 6.42 Å². The average molecular weight is 171 g/mol. The van der Waals surface area contributed by atoms with Gasteiger partial charge in [-0.3, -0.25) is 0 Å². The Morgan fingerprint density at radius 1 is 1.30 bits per heavy atom. The fraction of sp³-hybridized carbons (Fsp3) is 0.125. The Kier molecular flexibility index (Phi) is 2.84. The molecule has 0 amide bonds. The number of hydrogen-bond acceptors (Lipinski definition) is 1. The summed E-state index contributed by atoms with van der Waals surface area (Å²) in [6.07, 6.45) is 0.692. The number of thiocarbonyl (C=S) groups is 1. The predicted octanol–water partition coefficient (Wildman–Crippen LogP) is 2.80. The summed E-state index contributed by atoms with van der Waals surface area (Å²) in [7, 11) is 0. The predicted molar refractivity (Wildman–Crippen MR) is 48.6 cm³/mol. The largest absolute Gasteiger partial charge is 0.0852 e. The molecule has 0 atom stereocenters. The number of benzene rings is 1. The SMILES string of the molecule is S=C(Cl)Cc1ccccc1. The molecule has 2 heteroatoms. The summed E-state index contributed by atoms with van der Waals surface area (Å²) in [5, 5.41) is 0. The molecule has 0 unspecified atom stereocenters. The highest BCUT2D eigenvalue weighted by Crippen LogP contribution is 2.02. The zero-order valence-electron chi connectivity index (χ0n) is 5.38. The molecule has 0 saturated carbocycles. The van der Waals surface area contributed by atoms with Gasteiger partial charge in [0.05, 0.1) is 4.32 Å². The molecular formula is C8H7ClS. The van der Waals surface area contributed by atoms with Gasteiger partial charge < -0.3 is 0 Å². The minimum Gasteiger partial charge on any atom is -0.0761 e. The molecular weight excluding hydrogens is 164 g/mol. The van der Waals surface area contributed by atoms with Gasteiger partial charge in [-0.25, -0.2) is 0 Å². The maximum Gasteiger partial charge on any atom is 0.0852 e. The molecule has 0 fully saturated rings. The van der Waals surface area contributed by atoms with Crippen LogP contribution in [0.3, 0.4) is 0 Å². The Morgan fingerprint density at radius 3 is 2.40 bits per heavy atom. The van der Waals surface area contributed by atoms with Gasteiger partial charge in [0.1, 0.15) is 0 Å². The third kappa shape index (κ3) is 2.46.